The van der Waals surface area contributed by atoms with E-state index < -0.39 is 11.3 Å². The summed E-state index contributed by atoms with van der Waals surface area (Å²) >= 11 is 6.01. The number of amides is 1. The minimum atomic E-state index is -0.434. The van der Waals surface area contributed by atoms with Crippen LogP contribution in [0.15, 0.2) is 83.9 Å². The summed E-state index contributed by atoms with van der Waals surface area (Å²) in [7, 11) is 0. The molecule has 0 atom stereocenters. The molecule has 7 heteroatoms. The third-order valence-corrected chi connectivity index (χ3v) is 5.82. The van der Waals surface area contributed by atoms with Gasteiger partial charge in [-0.2, -0.15) is 5.10 Å². The molecule has 4 rings (SSSR count). The maximum absolute atomic E-state index is 13.7. The predicted molar refractivity (Wildman–Crippen MR) is 133 cm³/mol. The molecule has 0 saturated carbocycles. The predicted octanol–water partition coefficient (Wildman–Crippen LogP) is 4.99. The van der Waals surface area contributed by atoms with Crippen molar-refractivity contribution in [1.82, 2.24) is 19.7 Å². The van der Waals surface area contributed by atoms with Crippen LogP contribution in [-0.4, -0.2) is 25.6 Å². The Hall–Kier alpha value is -3.77. The average Bonchev–Trinajstić information content (AvgIpc) is 2.85. The fourth-order valence-electron chi connectivity index (χ4n) is 3.70. The van der Waals surface area contributed by atoms with Gasteiger partial charge in [0.15, 0.2) is 5.69 Å². The lowest BCUT2D eigenvalue weighted by Gasteiger charge is -2.23. The zero-order valence-electron chi connectivity index (χ0n) is 19.1. The normalized spacial score (nSPS) is 10.8. The molecule has 1 amide bonds. The van der Waals surface area contributed by atoms with Crippen molar-refractivity contribution in [2.45, 2.75) is 33.4 Å². The Balaban J connectivity index is 1.71. The van der Waals surface area contributed by atoms with Gasteiger partial charge in [-0.3, -0.25) is 14.6 Å². The van der Waals surface area contributed by atoms with Gasteiger partial charge in [0.1, 0.15) is 0 Å². The Kier molecular flexibility index (Phi) is 7.18. The highest BCUT2D eigenvalue weighted by Gasteiger charge is 2.23. The van der Waals surface area contributed by atoms with E-state index in [1.165, 1.54) is 11.6 Å². The molecular weight excluding hydrogens is 448 g/mol. The summed E-state index contributed by atoms with van der Waals surface area (Å²) in [5.41, 5.74) is 3.85. The Bertz CT molecular complexity index is 1330. The van der Waals surface area contributed by atoms with Gasteiger partial charge in [0.05, 0.1) is 5.69 Å². The molecule has 0 aliphatic rings. The molecular formula is C27H25ClN4O2. The van der Waals surface area contributed by atoms with Gasteiger partial charge in [-0.05, 0) is 60.4 Å². The molecule has 0 aliphatic heterocycles. The Morgan fingerprint density at radius 3 is 2.29 bits per heavy atom. The first-order chi connectivity index (χ1) is 16.4. The average molecular weight is 473 g/mol. The third-order valence-electron chi connectivity index (χ3n) is 5.57. The van der Waals surface area contributed by atoms with E-state index in [1.54, 1.807) is 53.2 Å². The van der Waals surface area contributed by atoms with Crippen LogP contribution in [0.4, 0.5) is 0 Å². The van der Waals surface area contributed by atoms with Crippen molar-refractivity contribution in [3.05, 3.63) is 122 Å². The number of hydrogen-bond acceptors (Lipinski definition) is 4. The molecule has 0 unspecified atom stereocenters. The Morgan fingerprint density at radius 1 is 0.971 bits per heavy atom. The second kappa shape index (κ2) is 10.4. The summed E-state index contributed by atoms with van der Waals surface area (Å²) in [4.78, 5) is 32.3. The largest absolute Gasteiger partial charge is 0.328 e. The van der Waals surface area contributed by atoms with Crippen LogP contribution in [0.3, 0.4) is 0 Å². The van der Waals surface area contributed by atoms with Gasteiger partial charge in [-0.15, -0.1) is 0 Å². The molecule has 0 aliphatic carbocycles. The topological polar surface area (TPSA) is 68.1 Å². The van der Waals surface area contributed by atoms with Crippen LogP contribution in [0.5, 0.6) is 0 Å². The van der Waals surface area contributed by atoms with Crippen LogP contribution < -0.4 is 5.43 Å². The molecule has 34 heavy (non-hydrogen) atoms. The smallest absolute Gasteiger partial charge is 0.279 e. The van der Waals surface area contributed by atoms with E-state index in [0.717, 1.165) is 17.5 Å². The maximum atomic E-state index is 13.7. The van der Waals surface area contributed by atoms with Gasteiger partial charge in [0.25, 0.3) is 5.91 Å². The summed E-state index contributed by atoms with van der Waals surface area (Å²) in [5, 5.41) is 5.05. The lowest BCUT2D eigenvalue weighted by molar-refractivity contribution is 0.0720. The number of benzene rings is 2. The molecule has 0 bridgehead atoms. The monoisotopic (exact) mass is 472 g/mol. The molecule has 6 nitrogen and oxygen atoms in total. The molecule has 0 saturated heterocycles. The SMILES string of the molecule is CCc1ccc(CN(Cc2cccnc2)C(=O)c2nn(-c3ccc(Cl)cc3)c(C)cc2=O)cc1. The number of nitrogens with zero attached hydrogens (tertiary/aromatic N) is 4. The minimum absolute atomic E-state index is 0.130. The van der Waals surface area contributed by atoms with Crippen LogP contribution in [-0.2, 0) is 19.5 Å². The quantitative estimate of drug-likeness (QED) is 0.380. The highest BCUT2D eigenvalue weighted by molar-refractivity contribution is 6.30. The summed E-state index contributed by atoms with van der Waals surface area (Å²) in [5.74, 6) is -0.434. The second-order valence-electron chi connectivity index (χ2n) is 8.08. The molecule has 0 N–H and O–H groups in total. The van der Waals surface area contributed by atoms with Gasteiger partial charge in [-0.25, -0.2) is 4.68 Å². The number of aryl methyl sites for hydroxylation is 2. The number of halogens is 1. The van der Waals surface area contributed by atoms with E-state index in [0.29, 0.717) is 29.5 Å². The Morgan fingerprint density at radius 2 is 1.65 bits per heavy atom. The summed E-state index contributed by atoms with van der Waals surface area (Å²) < 4.78 is 1.59. The Labute approximate surface area is 203 Å². The molecule has 0 spiro atoms. The fraction of sp³-hybridized carbons (Fsp3) is 0.185. The number of pyridine rings is 1. The minimum Gasteiger partial charge on any atom is -0.328 e. The van der Waals surface area contributed by atoms with Crippen molar-refractivity contribution in [2.24, 2.45) is 0 Å². The lowest BCUT2D eigenvalue weighted by atomic mass is 10.1. The van der Waals surface area contributed by atoms with Crippen molar-refractivity contribution >= 4 is 17.5 Å². The van der Waals surface area contributed by atoms with E-state index in [9.17, 15) is 9.59 Å². The highest BCUT2D eigenvalue weighted by Crippen LogP contribution is 2.16. The van der Waals surface area contributed by atoms with Crippen molar-refractivity contribution in [1.29, 1.82) is 0 Å². The number of aromatic nitrogens is 3. The van der Waals surface area contributed by atoms with Crippen LogP contribution in [0, 0.1) is 6.92 Å². The van der Waals surface area contributed by atoms with E-state index in [2.05, 4.69) is 29.1 Å². The van der Waals surface area contributed by atoms with Crippen LogP contribution >= 0.6 is 11.6 Å². The third kappa shape index (κ3) is 5.41. The number of hydrogen-bond donors (Lipinski definition) is 0. The van der Waals surface area contributed by atoms with Crippen molar-refractivity contribution < 1.29 is 4.79 Å². The second-order valence-corrected chi connectivity index (χ2v) is 8.52. The zero-order chi connectivity index (χ0) is 24.1. The first-order valence-corrected chi connectivity index (χ1v) is 11.5. The van der Waals surface area contributed by atoms with Gasteiger partial charge < -0.3 is 4.90 Å². The molecule has 172 valence electrons. The number of rotatable bonds is 7. The van der Waals surface area contributed by atoms with Crippen LogP contribution in [0.1, 0.15) is 39.8 Å². The fourth-order valence-corrected chi connectivity index (χ4v) is 3.83. The number of carbonyl (C=O) groups is 1. The van der Waals surface area contributed by atoms with Crippen LogP contribution in [0.2, 0.25) is 5.02 Å². The zero-order valence-corrected chi connectivity index (χ0v) is 19.9. The van der Waals surface area contributed by atoms with Gasteiger partial charge in [0.2, 0.25) is 5.43 Å². The highest BCUT2D eigenvalue weighted by atomic mass is 35.5. The maximum Gasteiger partial charge on any atom is 0.279 e. The summed E-state index contributed by atoms with van der Waals surface area (Å²) in [6.45, 7) is 4.52. The van der Waals surface area contributed by atoms with E-state index >= 15 is 0 Å². The lowest BCUT2D eigenvalue weighted by Crippen LogP contribution is -2.35. The standard InChI is InChI=1S/C27H25ClN4O2/c1-3-20-6-8-21(9-7-20)17-31(18-22-5-4-14-29-16-22)27(34)26-25(33)15-19(2)32(30-26)24-12-10-23(28)11-13-24/h4-16H,3,17-18H2,1-2H3. The molecule has 2 heterocycles. The molecule has 0 fully saturated rings. The van der Waals surface area contributed by atoms with Crippen molar-refractivity contribution in [2.75, 3.05) is 0 Å². The van der Waals surface area contributed by atoms with E-state index in [4.69, 9.17) is 11.6 Å². The summed E-state index contributed by atoms with van der Waals surface area (Å²) in [6, 6.07) is 20.4. The van der Waals surface area contributed by atoms with Gasteiger partial charge >= 0.3 is 0 Å². The van der Waals surface area contributed by atoms with Crippen LogP contribution in [0.25, 0.3) is 5.69 Å². The molecule has 2 aromatic carbocycles. The van der Waals surface area contributed by atoms with Crippen molar-refractivity contribution in [3.8, 4) is 5.69 Å². The first kappa shape index (κ1) is 23.4. The molecule has 2 aromatic heterocycles. The first-order valence-electron chi connectivity index (χ1n) is 11.1. The molecule has 4 aromatic rings. The van der Waals surface area contributed by atoms with E-state index in [-0.39, 0.29) is 5.69 Å². The molecule has 0 radical (unpaired) electrons. The van der Waals surface area contributed by atoms with E-state index in [1.807, 2.05) is 24.3 Å². The van der Waals surface area contributed by atoms with Crippen molar-refractivity contribution in [3.63, 3.8) is 0 Å². The number of carbonyl (C=O) groups excluding carboxylic acids is 1. The summed E-state index contributed by atoms with van der Waals surface area (Å²) in [6.07, 6.45) is 4.34. The van der Waals surface area contributed by atoms with Gasteiger partial charge in [-0.1, -0.05) is 48.9 Å². The van der Waals surface area contributed by atoms with Gasteiger partial charge in [0, 0.05) is 42.3 Å².